The van der Waals surface area contributed by atoms with Crippen LogP contribution in [-0.2, 0) is 24.1 Å². The topological polar surface area (TPSA) is 103 Å². The summed E-state index contributed by atoms with van der Waals surface area (Å²) in [7, 11) is 1.21. The maximum Gasteiger partial charge on any atom is 0.416 e. The molecule has 3 aromatic carbocycles. The van der Waals surface area contributed by atoms with Gasteiger partial charge >= 0.3 is 17.8 Å². The van der Waals surface area contributed by atoms with Crippen molar-refractivity contribution in [3.8, 4) is 16.9 Å². The van der Waals surface area contributed by atoms with Gasteiger partial charge in [0, 0.05) is 29.8 Å². The third-order valence-electron chi connectivity index (χ3n) is 7.15. The van der Waals surface area contributed by atoms with Crippen LogP contribution >= 0.6 is 0 Å². The average molecular weight is 630 g/mol. The minimum atomic E-state index is -4.96. The minimum Gasteiger partial charge on any atom is -0.494 e. The van der Waals surface area contributed by atoms with Crippen LogP contribution in [0.4, 0.5) is 22.0 Å². The Morgan fingerprint density at radius 2 is 1.64 bits per heavy atom. The normalized spacial score (nSPS) is 11.9. The van der Waals surface area contributed by atoms with E-state index in [9.17, 15) is 31.9 Å². The van der Waals surface area contributed by atoms with Crippen LogP contribution < -0.4 is 16.0 Å². The minimum absolute atomic E-state index is 0.0207. The van der Waals surface area contributed by atoms with Gasteiger partial charge in [0.25, 0.3) is 5.56 Å². The largest absolute Gasteiger partial charge is 0.494 e. The van der Waals surface area contributed by atoms with Crippen molar-refractivity contribution >= 4 is 11.7 Å². The van der Waals surface area contributed by atoms with E-state index in [1.165, 1.54) is 32.2 Å². The fourth-order valence-electron chi connectivity index (χ4n) is 4.90. The van der Waals surface area contributed by atoms with Crippen molar-refractivity contribution in [2.45, 2.75) is 39.0 Å². The molecule has 0 atom stereocenters. The SMILES string of the molecule is COc1cccc(-c2c(C)n(Cc3c(F)cccc3C(F)(F)F)c(=O)n(C/C(=N\CCCC(=O)O)c3ccccc3)c2=O)c1F. The Morgan fingerprint density at radius 3 is 2.29 bits per heavy atom. The van der Waals surface area contributed by atoms with Crippen molar-refractivity contribution in [2.75, 3.05) is 13.7 Å². The van der Waals surface area contributed by atoms with E-state index in [1.54, 1.807) is 30.3 Å². The maximum absolute atomic E-state index is 15.6. The molecule has 4 aromatic rings. The van der Waals surface area contributed by atoms with Crippen LogP contribution in [0.25, 0.3) is 11.1 Å². The first-order valence-corrected chi connectivity index (χ1v) is 13.7. The molecule has 0 unspecified atom stereocenters. The van der Waals surface area contributed by atoms with Crippen LogP contribution in [0.5, 0.6) is 5.75 Å². The lowest BCUT2D eigenvalue weighted by Gasteiger charge is -2.21. The zero-order valence-corrected chi connectivity index (χ0v) is 24.2. The predicted octanol–water partition coefficient (Wildman–Crippen LogP) is 5.69. The Balaban J connectivity index is 2.00. The second-order valence-electron chi connectivity index (χ2n) is 10.00. The van der Waals surface area contributed by atoms with Gasteiger partial charge in [-0.1, -0.05) is 48.5 Å². The molecule has 45 heavy (non-hydrogen) atoms. The number of hydrogen-bond acceptors (Lipinski definition) is 5. The molecule has 1 aromatic heterocycles. The second-order valence-corrected chi connectivity index (χ2v) is 10.00. The molecule has 0 amide bonds. The highest BCUT2D eigenvalue weighted by atomic mass is 19.4. The van der Waals surface area contributed by atoms with E-state index < -0.39 is 59.2 Å². The van der Waals surface area contributed by atoms with Crippen LogP contribution in [0.15, 0.2) is 81.3 Å². The zero-order valence-electron chi connectivity index (χ0n) is 24.2. The number of benzene rings is 3. The molecule has 8 nitrogen and oxygen atoms in total. The number of rotatable bonds is 11. The van der Waals surface area contributed by atoms with E-state index in [2.05, 4.69) is 4.99 Å². The number of nitrogens with zero attached hydrogens (tertiary/aromatic N) is 3. The molecule has 0 fully saturated rings. The number of carbonyl (C=O) groups is 1. The van der Waals surface area contributed by atoms with E-state index in [0.717, 1.165) is 16.7 Å². The molecule has 0 aliphatic carbocycles. The van der Waals surface area contributed by atoms with Crippen LogP contribution in [0, 0.1) is 18.6 Å². The van der Waals surface area contributed by atoms with Crippen LogP contribution in [0.1, 0.15) is 35.2 Å². The van der Waals surface area contributed by atoms with Crippen LogP contribution in [-0.4, -0.2) is 39.6 Å². The molecule has 13 heteroatoms. The highest BCUT2D eigenvalue weighted by Gasteiger charge is 2.35. The summed E-state index contributed by atoms with van der Waals surface area (Å²) >= 11 is 0. The number of carboxylic acid groups (broad SMARTS) is 1. The lowest BCUT2D eigenvalue weighted by atomic mass is 10.0. The van der Waals surface area contributed by atoms with Gasteiger partial charge in [-0.15, -0.1) is 0 Å². The number of carboxylic acids is 1. The summed E-state index contributed by atoms with van der Waals surface area (Å²) in [4.78, 5) is 43.4. The van der Waals surface area contributed by atoms with Crippen molar-refractivity contribution in [2.24, 2.45) is 4.99 Å². The van der Waals surface area contributed by atoms with Gasteiger partial charge in [-0.25, -0.2) is 13.6 Å². The molecule has 0 aliphatic rings. The summed E-state index contributed by atoms with van der Waals surface area (Å²) in [5.41, 5.74) is -4.39. The van der Waals surface area contributed by atoms with Gasteiger partial charge in [0.05, 0.1) is 37.0 Å². The summed E-state index contributed by atoms with van der Waals surface area (Å²) in [5.74, 6) is -3.45. The molecular formula is C32H28F5N3O5. The first-order valence-electron chi connectivity index (χ1n) is 13.7. The third-order valence-corrected chi connectivity index (χ3v) is 7.15. The van der Waals surface area contributed by atoms with Gasteiger partial charge < -0.3 is 9.84 Å². The lowest BCUT2D eigenvalue weighted by molar-refractivity contribution is -0.138. The van der Waals surface area contributed by atoms with Gasteiger partial charge in [0.15, 0.2) is 11.6 Å². The summed E-state index contributed by atoms with van der Waals surface area (Å²) in [6.07, 6.45) is -5.01. The number of methoxy groups -OCH3 is 1. The molecule has 1 heterocycles. The second kappa shape index (κ2) is 13.7. The summed E-state index contributed by atoms with van der Waals surface area (Å²) in [5, 5.41) is 8.99. The van der Waals surface area contributed by atoms with Crippen LogP contribution in [0.3, 0.4) is 0 Å². The first kappa shape index (κ1) is 32.8. The molecule has 0 aliphatic heterocycles. The molecule has 0 spiro atoms. The van der Waals surface area contributed by atoms with Gasteiger partial charge in [-0.05, 0) is 37.1 Å². The highest BCUT2D eigenvalue weighted by molar-refractivity contribution is 6.00. The quantitative estimate of drug-likeness (QED) is 0.130. The zero-order chi connectivity index (χ0) is 32.9. The van der Waals surface area contributed by atoms with E-state index in [0.29, 0.717) is 16.2 Å². The van der Waals surface area contributed by atoms with Gasteiger partial charge in [0.1, 0.15) is 5.82 Å². The Morgan fingerprint density at radius 1 is 0.956 bits per heavy atom. The fraction of sp³-hybridized carbons (Fsp3) is 0.250. The molecular weight excluding hydrogens is 601 g/mol. The maximum atomic E-state index is 15.6. The Bertz CT molecular complexity index is 1860. The average Bonchev–Trinajstić information content (AvgIpc) is 2.99. The van der Waals surface area contributed by atoms with Crippen molar-refractivity contribution in [3.63, 3.8) is 0 Å². The number of alkyl halides is 3. The van der Waals surface area contributed by atoms with E-state index in [1.807, 2.05) is 0 Å². The Labute approximate surface area is 253 Å². The summed E-state index contributed by atoms with van der Waals surface area (Å²) < 4.78 is 78.7. The molecule has 236 valence electrons. The van der Waals surface area contributed by atoms with Crippen LogP contribution in [0.2, 0.25) is 0 Å². The highest BCUT2D eigenvalue weighted by Crippen LogP contribution is 2.34. The molecule has 0 radical (unpaired) electrons. The smallest absolute Gasteiger partial charge is 0.416 e. The molecule has 0 saturated carbocycles. The molecule has 0 saturated heterocycles. The summed E-state index contributed by atoms with van der Waals surface area (Å²) in [6.45, 7) is -0.154. The van der Waals surface area contributed by atoms with Gasteiger partial charge in [0.2, 0.25) is 0 Å². The van der Waals surface area contributed by atoms with E-state index in [-0.39, 0.29) is 47.7 Å². The van der Waals surface area contributed by atoms with Crippen molar-refractivity contribution < 1.29 is 36.6 Å². The Hall–Kier alpha value is -5.07. The standard InChI is InChI=1S/C32H28F5N3O5/c1-19-28(21-11-6-14-26(45-2)29(21)34)30(43)40(18-25(20-9-4-3-5-10-20)38-16-8-15-27(41)42)31(44)39(19)17-22-23(32(35,36)37)12-7-13-24(22)33/h3-7,9-14H,8,15-18H2,1-2H3,(H,41,42)/b38-25+. The predicted molar refractivity (Wildman–Crippen MR) is 157 cm³/mol. The number of hydrogen-bond donors (Lipinski definition) is 1. The van der Waals surface area contributed by atoms with E-state index in [4.69, 9.17) is 9.84 Å². The number of aliphatic carboxylic acids is 1. The van der Waals surface area contributed by atoms with E-state index >= 15 is 4.39 Å². The van der Waals surface area contributed by atoms with Crippen molar-refractivity contribution in [1.82, 2.24) is 9.13 Å². The van der Waals surface area contributed by atoms with Crippen molar-refractivity contribution in [1.29, 1.82) is 0 Å². The number of ether oxygens (including phenoxy) is 1. The monoisotopic (exact) mass is 629 g/mol. The fourth-order valence-corrected chi connectivity index (χ4v) is 4.90. The number of aliphatic imine (C=N–C) groups is 1. The molecule has 0 bridgehead atoms. The lowest BCUT2D eigenvalue weighted by Crippen LogP contribution is -2.44. The third kappa shape index (κ3) is 7.19. The van der Waals surface area contributed by atoms with Gasteiger partial charge in [-0.2, -0.15) is 13.2 Å². The molecule has 1 N–H and O–H groups in total. The molecule has 4 rings (SSSR count). The number of aromatic nitrogens is 2. The van der Waals surface area contributed by atoms with Gasteiger partial charge in [-0.3, -0.25) is 23.7 Å². The first-order chi connectivity index (χ1) is 21.3. The summed E-state index contributed by atoms with van der Waals surface area (Å²) in [6, 6.07) is 14.7. The number of halogens is 5. The Kier molecular flexibility index (Phi) is 10.00. The van der Waals surface area contributed by atoms with Crippen molar-refractivity contribution in [3.05, 3.63) is 122 Å².